The summed E-state index contributed by atoms with van der Waals surface area (Å²) in [7, 11) is 0. The first-order valence-corrected chi connectivity index (χ1v) is 9.00. The van der Waals surface area contributed by atoms with E-state index in [1.54, 1.807) is 24.3 Å². The van der Waals surface area contributed by atoms with Crippen molar-refractivity contribution in [1.82, 2.24) is 4.90 Å². The van der Waals surface area contributed by atoms with Crippen LogP contribution in [0, 0.1) is 0 Å². The quantitative estimate of drug-likeness (QED) is 0.857. The maximum Gasteiger partial charge on any atom is 0.322 e. The van der Waals surface area contributed by atoms with Crippen LogP contribution in [0.5, 0.6) is 17.2 Å². The van der Waals surface area contributed by atoms with Gasteiger partial charge in [-0.15, -0.1) is 0 Å². The zero-order valence-electron chi connectivity index (χ0n) is 14.8. The van der Waals surface area contributed by atoms with Gasteiger partial charge in [0.05, 0.1) is 6.04 Å². The zero-order chi connectivity index (χ0) is 18.6. The Balaban J connectivity index is 1.46. The lowest BCUT2D eigenvalue weighted by Gasteiger charge is -2.25. The predicted octanol–water partition coefficient (Wildman–Crippen LogP) is 4.13. The molecule has 27 heavy (non-hydrogen) atoms. The molecule has 0 saturated carbocycles. The van der Waals surface area contributed by atoms with Gasteiger partial charge in [-0.1, -0.05) is 12.1 Å². The number of carbonyl (C=O) groups excluding carboxylic acids is 1. The van der Waals surface area contributed by atoms with E-state index in [-0.39, 0.29) is 25.5 Å². The van der Waals surface area contributed by atoms with Gasteiger partial charge in [0.2, 0.25) is 6.79 Å². The Bertz CT molecular complexity index is 829. The van der Waals surface area contributed by atoms with Crippen molar-refractivity contribution < 1.29 is 23.4 Å². The van der Waals surface area contributed by atoms with E-state index < -0.39 is 6.67 Å². The van der Waals surface area contributed by atoms with Crippen LogP contribution in [0.1, 0.15) is 24.4 Å². The summed E-state index contributed by atoms with van der Waals surface area (Å²) in [6, 6.07) is 12.6. The Hall–Kier alpha value is -2.96. The number of nitrogens with one attached hydrogen (secondary N) is 1. The van der Waals surface area contributed by atoms with Gasteiger partial charge in [-0.3, -0.25) is 0 Å². The number of hydrogen-bond acceptors (Lipinski definition) is 4. The molecule has 4 rings (SSSR count). The molecule has 0 bridgehead atoms. The van der Waals surface area contributed by atoms with Crippen LogP contribution in [-0.4, -0.2) is 37.6 Å². The highest BCUT2D eigenvalue weighted by atomic mass is 19.1. The van der Waals surface area contributed by atoms with Crippen LogP contribution >= 0.6 is 0 Å². The van der Waals surface area contributed by atoms with Crippen LogP contribution < -0.4 is 19.5 Å². The Morgan fingerprint density at radius 1 is 1.22 bits per heavy atom. The molecule has 2 heterocycles. The second-order valence-electron chi connectivity index (χ2n) is 6.46. The third-order valence-electron chi connectivity index (χ3n) is 4.73. The number of anilines is 1. The molecule has 0 spiro atoms. The molecule has 1 atom stereocenters. The number of fused-ring (bicyclic) bond motifs is 1. The van der Waals surface area contributed by atoms with Gasteiger partial charge in [0.1, 0.15) is 19.0 Å². The second kappa shape index (κ2) is 7.73. The Labute approximate surface area is 156 Å². The van der Waals surface area contributed by atoms with Crippen molar-refractivity contribution in [2.24, 2.45) is 0 Å². The minimum atomic E-state index is -0.554. The summed E-state index contributed by atoms with van der Waals surface area (Å²) in [5.41, 5.74) is 1.65. The first-order valence-electron chi connectivity index (χ1n) is 9.00. The number of benzene rings is 2. The summed E-state index contributed by atoms with van der Waals surface area (Å²) in [4.78, 5) is 14.6. The lowest BCUT2D eigenvalue weighted by molar-refractivity contribution is 0.173. The predicted molar refractivity (Wildman–Crippen MR) is 98.2 cm³/mol. The number of nitrogens with zero attached hydrogens (tertiary/aromatic N) is 1. The van der Waals surface area contributed by atoms with Crippen molar-refractivity contribution >= 4 is 11.7 Å². The maximum atomic E-state index is 12.8. The topological polar surface area (TPSA) is 60.0 Å². The molecule has 2 aromatic rings. The van der Waals surface area contributed by atoms with Gasteiger partial charge in [0.15, 0.2) is 11.5 Å². The molecule has 142 valence electrons. The minimum Gasteiger partial charge on any atom is -0.491 e. The second-order valence-corrected chi connectivity index (χ2v) is 6.46. The number of rotatable bonds is 5. The highest BCUT2D eigenvalue weighted by molar-refractivity contribution is 5.90. The fourth-order valence-electron chi connectivity index (χ4n) is 3.49. The van der Waals surface area contributed by atoms with Gasteiger partial charge in [-0.25, -0.2) is 9.18 Å². The Morgan fingerprint density at radius 3 is 3.00 bits per heavy atom. The Kier molecular flexibility index (Phi) is 5.00. The van der Waals surface area contributed by atoms with Crippen LogP contribution in [0.15, 0.2) is 42.5 Å². The lowest BCUT2D eigenvalue weighted by atomic mass is 10.0. The third kappa shape index (κ3) is 3.77. The van der Waals surface area contributed by atoms with Gasteiger partial charge in [0.25, 0.3) is 0 Å². The van der Waals surface area contributed by atoms with Crippen molar-refractivity contribution in [3.8, 4) is 17.2 Å². The van der Waals surface area contributed by atoms with Gasteiger partial charge in [-0.05, 0) is 42.7 Å². The fraction of sp³-hybridized carbons (Fsp3) is 0.350. The van der Waals surface area contributed by atoms with Gasteiger partial charge >= 0.3 is 6.03 Å². The molecule has 2 aliphatic heterocycles. The van der Waals surface area contributed by atoms with Crippen LogP contribution in [0.25, 0.3) is 0 Å². The molecule has 0 aliphatic carbocycles. The summed E-state index contributed by atoms with van der Waals surface area (Å²) in [6.45, 7) is 0.356. The van der Waals surface area contributed by atoms with Gasteiger partial charge in [-0.2, -0.15) is 0 Å². The van der Waals surface area contributed by atoms with E-state index >= 15 is 0 Å². The van der Waals surface area contributed by atoms with E-state index in [1.165, 1.54) is 0 Å². The molecule has 1 fully saturated rings. The normalized spacial score (nSPS) is 17.8. The molecule has 0 radical (unpaired) electrons. The van der Waals surface area contributed by atoms with Crippen LogP contribution in [0.2, 0.25) is 0 Å². The smallest absolute Gasteiger partial charge is 0.322 e. The van der Waals surface area contributed by atoms with Crippen LogP contribution in [-0.2, 0) is 0 Å². The molecule has 2 aromatic carbocycles. The number of likely N-dealkylation sites (tertiary alicyclic amines) is 1. The SMILES string of the molecule is O=C(Nc1cccc(OCCF)c1)N1CCCC1c1ccc2c(c1)OCO2. The summed E-state index contributed by atoms with van der Waals surface area (Å²) in [5.74, 6) is 1.98. The molecule has 0 aromatic heterocycles. The van der Waals surface area contributed by atoms with Crippen molar-refractivity contribution in [2.75, 3.05) is 31.9 Å². The Morgan fingerprint density at radius 2 is 2.11 bits per heavy atom. The molecule has 2 amide bonds. The third-order valence-corrected chi connectivity index (χ3v) is 4.73. The van der Waals surface area contributed by atoms with Crippen molar-refractivity contribution in [3.05, 3.63) is 48.0 Å². The maximum absolute atomic E-state index is 12.8. The van der Waals surface area contributed by atoms with E-state index in [9.17, 15) is 9.18 Å². The van der Waals surface area contributed by atoms with E-state index in [0.29, 0.717) is 18.0 Å². The molecule has 2 aliphatic rings. The highest BCUT2D eigenvalue weighted by Crippen LogP contribution is 2.39. The van der Waals surface area contributed by atoms with E-state index in [4.69, 9.17) is 14.2 Å². The molecule has 7 heteroatoms. The van der Waals surface area contributed by atoms with Crippen molar-refractivity contribution in [1.29, 1.82) is 0 Å². The first kappa shape index (κ1) is 17.5. The van der Waals surface area contributed by atoms with Crippen molar-refractivity contribution in [2.45, 2.75) is 18.9 Å². The number of hydrogen-bond donors (Lipinski definition) is 1. The minimum absolute atomic E-state index is 0.00425. The zero-order valence-corrected chi connectivity index (χ0v) is 14.8. The molecular formula is C20H21FN2O4. The largest absolute Gasteiger partial charge is 0.491 e. The molecule has 1 N–H and O–H groups in total. The molecular weight excluding hydrogens is 351 g/mol. The summed E-state index contributed by atoms with van der Waals surface area (Å²) < 4.78 is 28.3. The number of amides is 2. The van der Waals surface area contributed by atoms with Crippen LogP contribution in [0.4, 0.5) is 14.9 Å². The lowest BCUT2D eigenvalue weighted by Crippen LogP contribution is -2.34. The highest BCUT2D eigenvalue weighted by Gasteiger charge is 2.31. The average molecular weight is 372 g/mol. The summed E-state index contributed by atoms with van der Waals surface area (Å²) in [6.07, 6.45) is 1.83. The first-order chi connectivity index (χ1) is 13.2. The number of ether oxygens (including phenoxy) is 3. The van der Waals surface area contributed by atoms with E-state index in [0.717, 1.165) is 29.9 Å². The van der Waals surface area contributed by atoms with E-state index in [1.807, 2.05) is 23.1 Å². The van der Waals surface area contributed by atoms with Gasteiger partial charge in [0, 0.05) is 18.3 Å². The molecule has 6 nitrogen and oxygen atoms in total. The number of halogens is 1. The van der Waals surface area contributed by atoms with E-state index in [2.05, 4.69) is 5.32 Å². The number of carbonyl (C=O) groups is 1. The number of alkyl halides is 1. The molecule has 1 unspecified atom stereocenters. The average Bonchev–Trinajstić information content (AvgIpc) is 3.35. The van der Waals surface area contributed by atoms with Crippen LogP contribution in [0.3, 0.4) is 0 Å². The van der Waals surface area contributed by atoms with Crippen molar-refractivity contribution in [3.63, 3.8) is 0 Å². The monoisotopic (exact) mass is 372 g/mol. The fourth-order valence-corrected chi connectivity index (χ4v) is 3.49. The summed E-state index contributed by atoms with van der Waals surface area (Å²) >= 11 is 0. The van der Waals surface area contributed by atoms with Gasteiger partial charge < -0.3 is 24.4 Å². The number of urea groups is 1. The summed E-state index contributed by atoms with van der Waals surface area (Å²) in [5, 5.41) is 2.91. The standard InChI is InChI=1S/C20H21FN2O4/c21-8-10-25-16-4-1-3-15(12-16)22-20(24)23-9-2-5-17(23)14-6-7-18-19(11-14)27-13-26-18/h1,3-4,6-7,11-12,17H,2,5,8-10,13H2,(H,22,24). The molecule has 1 saturated heterocycles.